The largest absolute Gasteiger partial charge is 0.491 e. The number of hydrogen-bond donors (Lipinski definition) is 0. The molecule has 8 heteroatoms. The highest BCUT2D eigenvalue weighted by molar-refractivity contribution is 5.72. The van der Waals surface area contributed by atoms with Crippen molar-refractivity contribution in [2.75, 3.05) is 6.61 Å². The van der Waals surface area contributed by atoms with Crippen LogP contribution in [0.25, 0.3) is 11.3 Å². The molecule has 0 fully saturated rings. The van der Waals surface area contributed by atoms with Gasteiger partial charge in [0.15, 0.2) is 11.6 Å². The van der Waals surface area contributed by atoms with Crippen LogP contribution in [-0.2, 0) is 7.05 Å². The molecule has 3 aromatic heterocycles. The summed E-state index contributed by atoms with van der Waals surface area (Å²) in [6.07, 6.45) is 14.5. The van der Waals surface area contributed by atoms with Gasteiger partial charge in [0, 0.05) is 30.8 Å². The fraction of sp³-hybridized carbons (Fsp3) is 0.318. The Morgan fingerprint density at radius 1 is 1.23 bits per heavy atom. The number of hydrogen-bond acceptors (Lipinski definition) is 6. The van der Waals surface area contributed by atoms with Gasteiger partial charge in [-0.05, 0) is 19.8 Å². The van der Waals surface area contributed by atoms with Gasteiger partial charge < -0.3 is 4.74 Å². The first kappa shape index (κ1) is 19.8. The predicted octanol–water partition coefficient (Wildman–Crippen LogP) is 3.06. The van der Waals surface area contributed by atoms with E-state index in [0.717, 1.165) is 29.7 Å². The molecule has 0 radical (unpaired) electrons. The molecule has 154 valence electrons. The minimum Gasteiger partial charge on any atom is -0.491 e. The molecule has 0 saturated heterocycles. The van der Waals surface area contributed by atoms with Crippen molar-refractivity contribution in [1.82, 2.24) is 29.5 Å². The van der Waals surface area contributed by atoms with Crippen LogP contribution in [0.15, 0.2) is 59.6 Å². The van der Waals surface area contributed by atoms with Crippen LogP contribution in [-0.4, -0.2) is 36.1 Å². The number of ether oxygens (including phenoxy) is 1. The molecule has 1 aliphatic carbocycles. The lowest BCUT2D eigenvalue weighted by Crippen LogP contribution is -2.19. The van der Waals surface area contributed by atoms with Crippen LogP contribution < -0.4 is 10.2 Å². The average molecular weight is 404 g/mol. The minimum atomic E-state index is -0.118. The van der Waals surface area contributed by atoms with E-state index in [-0.39, 0.29) is 11.3 Å². The predicted molar refractivity (Wildman–Crippen MR) is 114 cm³/mol. The second-order valence-electron chi connectivity index (χ2n) is 7.20. The summed E-state index contributed by atoms with van der Waals surface area (Å²) < 4.78 is 8.81. The molecule has 0 aromatic carbocycles. The molecule has 1 atom stereocenters. The number of nitrogens with zero attached hydrogens (tertiary/aromatic N) is 6. The number of aromatic nitrogens is 6. The van der Waals surface area contributed by atoms with Gasteiger partial charge in [-0.3, -0.25) is 9.48 Å². The average Bonchev–Trinajstić information content (AvgIpc) is 3.21. The van der Waals surface area contributed by atoms with Gasteiger partial charge in [0.25, 0.3) is 0 Å². The first-order valence-electron chi connectivity index (χ1n) is 10.00. The summed E-state index contributed by atoms with van der Waals surface area (Å²) in [5.74, 6) is 1.18. The van der Waals surface area contributed by atoms with E-state index < -0.39 is 0 Å². The van der Waals surface area contributed by atoms with Crippen LogP contribution in [0.2, 0.25) is 0 Å². The third kappa shape index (κ3) is 4.07. The maximum atomic E-state index is 12.6. The lowest BCUT2D eigenvalue weighted by molar-refractivity contribution is 0.337. The fourth-order valence-corrected chi connectivity index (χ4v) is 3.50. The Hall–Kier alpha value is -3.55. The van der Waals surface area contributed by atoms with Gasteiger partial charge in [-0.2, -0.15) is 10.2 Å². The smallest absolute Gasteiger partial charge is 0.203 e. The standard InChI is InChI=1S/C22H24N6O2/c1-4-30-19-12-23-22(24-13-19)17-7-5-6-16(10-17)15(2)21-20(29)8-9-28(26-21)18-11-25-27(3)14-18/h7-15H,4-6H2,1-3H3. The Kier molecular flexibility index (Phi) is 5.56. The molecule has 8 nitrogen and oxygen atoms in total. The van der Waals surface area contributed by atoms with E-state index in [1.165, 1.54) is 0 Å². The van der Waals surface area contributed by atoms with Crippen molar-refractivity contribution < 1.29 is 4.74 Å². The Balaban J connectivity index is 1.62. The zero-order valence-electron chi connectivity index (χ0n) is 17.3. The molecule has 1 aliphatic rings. The van der Waals surface area contributed by atoms with E-state index >= 15 is 0 Å². The van der Waals surface area contributed by atoms with Gasteiger partial charge in [-0.1, -0.05) is 24.6 Å². The number of rotatable bonds is 6. The summed E-state index contributed by atoms with van der Waals surface area (Å²) in [5.41, 5.74) is 3.35. The van der Waals surface area contributed by atoms with Crippen molar-refractivity contribution in [2.24, 2.45) is 7.05 Å². The van der Waals surface area contributed by atoms with E-state index in [9.17, 15) is 4.79 Å². The third-order valence-electron chi connectivity index (χ3n) is 5.09. The summed E-state index contributed by atoms with van der Waals surface area (Å²) in [4.78, 5) is 21.4. The van der Waals surface area contributed by atoms with E-state index in [1.54, 1.807) is 40.2 Å². The Labute approximate surface area is 174 Å². The maximum Gasteiger partial charge on any atom is 0.203 e. The number of aryl methyl sites for hydroxylation is 1. The second-order valence-corrected chi connectivity index (χ2v) is 7.20. The molecule has 0 aliphatic heterocycles. The van der Waals surface area contributed by atoms with Crippen molar-refractivity contribution in [2.45, 2.75) is 32.6 Å². The highest BCUT2D eigenvalue weighted by Gasteiger charge is 2.20. The Morgan fingerprint density at radius 2 is 2.03 bits per heavy atom. The van der Waals surface area contributed by atoms with Crippen molar-refractivity contribution >= 4 is 5.57 Å². The van der Waals surface area contributed by atoms with Gasteiger partial charge >= 0.3 is 0 Å². The fourth-order valence-electron chi connectivity index (χ4n) is 3.50. The highest BCUT2D eigenvalue weighted by atomic mass is 16.5. The van der Waals surface area contributed by atoms with Crippen LogP contribution >= 0.6 is 0 Å². The zero-order valence-corrected chi connectivity index (χ0v) is 17.3. The van der Waals surface area contributed by atoms with Crippen LogP contribution in [0.3, 0.4) is 0 Å². The van der Waals surface area contributed by atoms with Gasteiger partial charge in [0.1, 0.15) is 11.4 Å². The SMILES string of the molecule is CCOc1cnc(C2=CCCC(C(C)c3nn(-c4cnn(C)c4)ccc3=O)=C2)nc1. The van der Waals surface area contributed by atoms with Crippen LogP contribution in [0.1, 0.15) is 44.1 Å². The summed E-state index contributed by atoms with van der Waals surface area (Å²) in [7, 11) is 1.85. The molecular formula is C22H24N6O2. The Bertz CT molecular complexity index is 1160. The molecule has 0 saturated carbocycles. The highest BCUT2D eigenvalue weighted by Crippen LogP contribution is 2.31. The number of allylic oxidation sites excluding steroid dienone is 4. The molecule has 3 heterocycles. The molecule has 4 rings (SSSR count). The monoisotopic (exact) mass is 404 g/mol. The van der Waals surface area contributed by atoms with E-state index in [4.69, 9.17) is 4.74 Å². The third-order valence-corrected chi connectivity index (χ3v) is 5.09. The van der Waals surface area contributed by atoms with Gasteiger partial charge in [0.05, 0.1) is 31.4 Å². The van der Waals surface area contributed by atoms with E-state index in [2.05, 4.69) is 32.3 Å². The van der Waals surface area contributed by atoms with Crippen LogP contribution in [0, 0.1) is 0 Å². The first-order chi connectivity index (χ1) is 14.5. The molecule has 0 N–H and O–H groups in total. The van der Waals surface area contributed by atoms with E-state index in [0.29, 0.717) is 23.9 Å². The topological polar surface area (TPSA) is 87.7 Å². The van der Waals surface area contributed by atoms with Crippen molar-refractivity contribution in [3.8, 4) is 11.4 Å². The normalized spacial score (nSPS) is 14.8. The first-order valence-corrected chi connectivity index (χ1v) is 10.00. The lowest BCUT2D eigenvalue weighted by atomic mass is 9.88. The molecule has 3 aromatic rings. The van der Waals surface area contributed by atoms with Crippen molar-refractivity contribution in [3.05, 3.63) is 76.5 Å². The molecule has 1 unspecified atom stereocenters. The lowest BCUT2D eigenvalue weighted by Gasteiger charge is -2.19. The molecular weight excluding hydrogens is 380 g/mol. The van der Waals surface area contributed by atoms with Crippen molar-refractivity contribution in [3.63, 3.8) is 0 Å². The van der Waals surface area contributed by atoms with E-state index in [1.807, 2.05) is 27.1 Å². The molecule has 30 heavy (non-hydrogen) atoms. The minimum absolute atomic E-state index is 0.0723. The quantitative estimate of drug-likeness (QED) is 0.627. The molecule has 0 spiro atoms. The second kappa shape index (κ2) is 8.44. The summed E-state index contributed by atoms with van der Waals surface area (Å²) >= 11 is 0. The van der Waals surface area contributed by atoms with Gasteiger partial charge in [-0.25, -0.2) is 14.6 Å². The summed E-state index contributed by atoms with van der Waals surface area (Å²) in [6.45, 7) is 4.52. The summed E-state index contributed by atoms with van der Waals surface area (Å²) in [5, 5.41) is 8.78. The molecule has 0 bridgehead atoms. The maximum absolute atomic E-state index is 12.6. The van der Waals surface area contributed by atoms with Gasteiger partial charge in [0.2, 0.25) is 5.43 Å². The Morgan fingerprint density at radius 3 is 2.73 bits per heavy atom. The van der Waals surface area contributed by atoms with Gasteiger partial charge in [-0.15, -0.1) is 0 Å². The van der Waals surface area contributed by atoms with Crippen LogP contribution in [0.4, 0.5) is 0 Å². The van der Waals surface area contributed by atoms with Crippen molar-refractivity contribution in [1.29, 1.82) is 0 Å². The van der Waals surface area contributed by atoms with Crippen LogP contribution in [0.5, 0.6) is 5.75 Å². The summed E-state index contributed by atoms with van der Waals surface area (Å²) in [6, 6.07) is 1.56. The molecule has 0 amide bonds. The zero-order chi connectivity index (χ0) is 21.1.